The van der Waals surface area contributed by atoms with Crippen molar-refractivity contribution >= 4 is 27.1 Å². The second-order valence-corrected chi connectivity index (χ2v) is 6.87. The van der Waals surface area contributed by atoms with Gasteiger partial charge in [-0.3, -0.25) is 4.79 Å². The fraction of sp³-hybridized carbons (Fsp3) is 0.353. The van der Waals surface area contributed by atoms with Gasteiger partial charge in [-0.25, -0.2) is 4.98 Å². The molecule has 0 bridgehead atoms. The van der Waals surface area contributed by atoms with Crippen LogP contribution < -0.4 is 15.8 Å². The number of fused-ring (bicyclic) bond motifs is 1. The van der Waals surface area contributed by atoms with Crippen LogP contribution in [-0.2, 0) is 13.0 Å². The number of benzene rings is 1. The monoisotopic (exact) mass is 343 g/mol. The molecule has 0 aliphatic heterocycles. The van der Waals surface area contributed by atoms with E-state index in [1.165, 1.54) is 32.7 Å². The number of nitrogens with one attached hydrogen (secondary N) is 1. The Bertz CT molecular complexity index is 928. The topological polar surface area (TPSA) is 62.5 Å². The first kappa shape index (κ1) is 16.4. The van der Waals surface area contributed by atoms with Gasteiger partial charge in [0.1, 0.15) is 0 Å². The van der Waals surface area contributed by atoms with Gasteiger partial charge >= 0.3 is 0 Å². The van der Waals surface area contributed by atoms with Gasteiger partial charge in [-0.1, -0.05) is 30.4 Å². The molecule has 0 amide bonds. The van der Waals surface area contributed by atoms with E-state index in [0.29, 0.717) is 16.6 Å². The van der Waals surface area contributed by atoms with Gasteiger partial charge in [0.2, 0.25) is 10.1 Å². The maximum atomic E-state index is 12.0. The number of nitrogens with zero attached hydrogens (tertiary/aromatic N) is 4. The lowest BCUT2D eigenvalue weighted by molar-refractivity contribution is 0.874. The van der Waals surface area contributed by atoms with E-state index in [0.717, 1.165) is 12.1 Å². The van der Waals surface area contributed by atoms with Crippen molar-refractivity contribution in [2.75, 3.05) is 24.3 Å². The zero-order valence-corrected chi connectivity index (χ0v) is 15.1. The van der Waals surface area contributed by atoms with Gasteiger partial charge in [-0.2, -0.15) is 4.52 Å². The van der Waals surface area contributed by atoms with Crippen LogP contribution in [0.5, 0.6) is 0 Å². The molecule has 126 valence electrons. The summed E-state index contributed by atoms with van der Waals surface area (Å²) in [5, 5.41) is 8.29. The van der Waals surface area contributed by atoms with Crippen molar-refractivity contribution in [3.63, 3.8) is 0 Å². The molecule has 24 heavy (non-hydrogen) atoms. The number of hydrogen-bond donors (Lipinski definition) is 1. The molecule has 0 fully saturated rings. The summed E-state index contributed by atoms with van der Waals surface area (Å²) in [5.74, 6) is 0. The van der Waals surface area contributed by atoms with E-state index in [2.05, 4.69) is 45.4 Å². The highest BCUT2D eigenvalue weighted by Gasteiger charge is 2.08. The molecular weight excluding hydrogens is 322 g/mol. The highest BCUT2D eigenvalue weighted by Crippen LogP contribution is 2.21. The van der Waals surface area contributed by atoms with E-state index in [9.17, 15) is 4.79 Å². The Hall–Kier alpha value is -2.41. The molecule has 0 unspecified atom stereocenters. The van der Waals surface area contributed by atoms with E-state index in [4.69, 9.17) is 0 Å². The van der Waals surface area contributed by atoms with Crippen molar-refractivity contribution in [1.29, 1.82) is 0 Å². The van der Waals surface area contributed by atoms with Crippen LogP contribution in [0.4, 0.5) is 10.8 Å². The average Bonchev–Trinajstić information content (AvgIpc) is 2.96. The van der Waals surface area contributed by atoms with E-state index in [1.807, 2.05) is 21.0 Å². The standard InChI is InChI=1S/C17H21N5OS/c1-5-13-9-15(23)22-17(19-13)24-16(20-22)18-10-12-6-7-14(21(3)4)11(2)8-12/h6-9H,5,10H2,1-4H3,(H,18,20). The Labute approximate surface area is 144 Å². The zero-order chi connectivity index (χ0) is 17.3. The Balaban J connectivity index is 1.79. The molecule has 1 N–H and O–H groups in total. The van der Waals surface area contributed by atoms with Gasteiger partial charge in [-0.05, 0) is 30.5 Å². The largest absolute Gasteiger partial charge is 0.377 e. The third-order valence-electron chi connectivity index (χ3n) is 3.85. The van der Waals surface area contributed by atoms with Crippen molar-refractivity contribution in [1.82, 2.24) is 14.6 Å². The minimum atomic E-state index is -0.132. The summed E-state index contributed by atoms with van der Waals surface area (Å²) in [6, 6.07) is 7.92. The Kier molecular flexibility index (Phi) is 4.53. The molecular formula is C17H21N5OS. The normalized spacial score (nSPS) is 11.0. The number of rotatable bonds is 5. The molecule has 7 heteroatoms. The molecule has 0 spiro atoms. The van der Waals surface area contributed by atoms with E-state index in [-0.39, 0.29) is 5.56 Å². The minimum absolute atomic E-state index is 0.132. The lowest BCUT2D eigenvalue weighted by Crippen LogP contribution is -2.15. The summed E-state index contributed by atoms with van der Waals surface area (Å²) < 4.78 is 1.35. The van der Waals surface area contributed by atoms with Crippen molar-refractivity contribution in [3.05, 3.63) is 51.4 Å². The van der Waals surface area contributed by atoms with Crippen molar-refractivity contribution < 1.29 is 0 Å². The van der Waals surface area contributed by atoms with Crippen LogP contribution in [0.2, 0.25) is 0 Å². The van der Waals surface area contributed by atoms with Gasteiger partial charge in [-0.15, -0.1) is 5.10 Å². The Morgan fingerprint density at radius 2 is 2.08 bits per heavy atom. The number of aromatic nitrogens is 3. The maximum Gasteiger partial charge on any atom is 0.275 e. The molecule has 0 aliphatic carbocycles. The van der Waals surface area contributed by atoms with Gasteiger partial charge in [0.25, 0.3) is 5.56 Å². The first-order valence-corrected chi connectivity index (χ1v) is 8.70. The highest BCUT2D eigenvalue weighted by molar-refractivity contribution is 7.20. The highest BCUT2D eigenvalue weighted by atomic mass is 32.1. The number of aryl methyl sites for hydroxylation is 2. The van der Waals surface area contributed by atoms with Crippen LogP contribution in [0.3, 0.4) is 0 Å². The summed E-state index contributed by atoms with van der Waals surface area (Å²) in [5.41, 5.74) is 4.28. The van der Waals surface area contributed by atoms with Crippen LogP contribution in [0.15, 0.2) is 29.1 Å². The lowest BCUT2D eigenvalue weighted by atomic mass is 10.1. The third-order valence-corrected chi connectivity index (χ3v) is 4.71. The lowest BCUT2D eigenvalue weighted by Gasteiger charge is -2.16. The molecule has 2 heterocycles. The Morgan fingerprint density at radius 3 is 2.75 bits per heavy atom. The van der Waals surface area contributed by atoms with Crippen LogP contribution in [0, 0.1) is 6.92 Å². The predicted octanol–water partition coefficient (Wildman–Crippen LogP) is 2.70. The Morgan fingerprint density at radius 1 is 1.29 bits per heavy atom. The maximum absolute atomic E-state index is 12.0. The number of hydrogen-bond acceptors (Lipinski definition) is 6. The first-order valence-electron chi connectivity index (χ1n) is 7.88. The fourth-order valence-corrected chi connectivity index (χ4v) is 3.44. The molecule has 0 saturated carbocycles. The van der Waals surface area contributed by atoms with Crippen LogP contribution in [-0.4, -0.2) is 28.7 Å². The minimum Gasteiger partial charge on any atom is -0.377 e. The second kappa shape index (κ2) is 6.60. The molecule has 3 aromatic rings. The molecule has 0 atom stereocenters. The predicted molar refractivity (Wildman–Crippen MR) is 99.3 cm³/mol. The van der Waals surface area contributed by atoms with Gasteiger partial charge in [0.15, 0.2) is 0 Å². The summed E-state index contributed by atoms with van der Waals surface area (Å²) in [6.07, 6.45) is 0.740. The van der Waals surface area contributed by atoms with Crippen molar-refractivity contribution in [2.24, 2.45) is 0 Å². The van der Waals surface area contributed by atoms with Crippen LogP contribution in [0.25, 0.3) is 4.96 Å². The molecule has 0 radical (unpaired) electrons. The molecule has 6 nitrogen and oxygen atoms in total. The molecule has 2 aromatic heterocycles. The zero-order valence-electron chi connectivity index (χ0n) is 14.3. The fourth-order valence-electron chi connectivity index (χ4n) is 2.62. The van der Waals surface area contributed by atoms with Crippen LogP contribution >= 0.6 is 11.3 Å². The molecule has 0 aliphatic rings. The SMILES string of the molecule is CCc1cc(=O)n2nc(NCc3ccc(N(C)C)c(C)c3)sc2n1. The van der Waals surface area contributed by atoms with Crippen molar-refractivity contribution in [3.8, 4) is 0 Å². The van der Waals surface area contributed by atoms with E-state index in [1.54, 1.807) is 6.07 Å². The number of anilines is 2. The smallest absolute Gasteiger partial charge is 0.275 e. The van der Waals surface area contributed by atoms with Crippen molar-refractivity contribution in [2.45, 2.75) is 26.8 Å². The van der Waals surface area contributed by atoms with E-state index < -0.39 is 0 Å². The summed E-state index contributed by atoms with van der Waals surface area (Å²) in [4.78, 5) is 19.2. The quantitative estimate of drug-likeness (QED) is 0.772. The second-order valence-electron chi connectivity index (χ2n) is 5.91. The van der Waals surface area contributed by atoms with Crippen LogP contribution in [0.1, 0.15) is 23.7 Å². The molecule has 1 aromatic carbocycles. The summed E-state index contributed by atoms with van der Waals surface area (Å²) in [7, 11) is 4.08. The molecule has 3 rings (SSSR count). The first-order chi connectivity index (χ1) is 11.5. The van der Waals surface area contributed by atoms with Gasteiger partial charge in [0, 0.05) is 38.1 Å². The average molecular weight is 343 g/mol. The third kappa shape index (κ3) is 3.26. The van der Waals surface area contributed by atoms with E-state index >= 15 is 0 Å². The van der Waals surface area contributed by atoms with Gasteiger partial charge in [0.05, 0.1) is 0 Å². The summed E-state index contributed by atoms with van der Waals surface area (Å²) in [6.45, 7) is 4.74. The molecule has 0 saturated heterocycles. The van der Waals surface area contributed by atoms with Gasteiger partial charge < -0.3 is 10.2 Å². The summed E-state index contributed by atoms with van der Waals surface area (Å²) >= 11 is 1.39.